The van der Waals surface area contributed by atoms with E-state index >= 15 is 0 Å². The minimum Gasteiger partial charge on any atom is -0.393 e. The second-order valence-electron chi connectivity index (χ2n) is 5.13. The lowest BCUT2D eigenvalue weighted by Crippen LogP contribution is -2.31. The molecule has 2 N–H and O–H groups in total. The zero-order chi connectivity index (χ0) is 12.9. The van der Waals surface area contributed by atoms with Crippen molar-refractivity contribution in [2.45, 2.75) is 46.1 Å². The summed E-state index contributed by atoms with van der Waals surface area (Å²) in [5, 5.41) is 9.71. The zero-order valence-corrected chi connectivity index (χ0v) is 11.4. The molecule has 4 nitrogen and oxygen atoms in total. The van der Waals surface area contributed by atoms with E-state index in [0.29, 0.717) is 18.1 Å². The first-order valence-corrected chi connectivity index (χ1v) is 7.56. The zero-order valence-electron chi connectivity index (χ0n) is 10.5. The van der Waals surface area contributed by atoms with Crippen LogP contribution in [0.5, 0.6) is 0 Å². The molecule has 0 aliphatic heterocycles. The molecule has 0 aromatic heterocycles. The molecule has 16 heavy (non-hydrogen) atoms. The van der Waals surface area contributed by atoms with E-state index in [-0.39, 0.29) is 6.10 Å². The van der Waals surface area contributed by atoms with Crippen LogP contribution in [0.25, 0.3) is 0 Å². The van der Waals surface area contributed by atoms with Crippen molar-refractivity contribution in [2.75, 3.05) is 6.26 Å². The maximum atomic E-state index is 9.71. The van der Waals surface area contributed by atoms with Crippen molar-refractivity contribution < 1.29 is 18.1 Å². The van der Waals surface area contributed by atoms with Gasteiger partial charge in [-0.05, 0) is 30.6 Å². The fraction of sp³-hybridized carbons (Fsp3) is 1.00. The van der Waals surface area contributed by atoms with Gasteiger partial charge in [0.05, 0.1) is 12.4 Å². The summed E-state index contributed by atoms with van der Waals surface area (Å²) in [5.74, 6) is 1.95. The van der Waals surface area contributed by atoms with E-state index in [0.717, 1.165) is 12.3 Å². The van der Waals surface area contributed by atoms with Gasteiger partial charge in [-0.15, -0.1) is 0 Å². The summed E-state index contributed by atoms with van der Waals surface area (Å²) in [4.78, 5) is 0. The number of hydrogen-bond donors (Lipinski definition) is 2. The SMILES string of the molecule is CC1CCC(C(C)C)C(O)C1.CS(=O)(=O)O. The highest BCUT2D eigenvalue weighted by Gasteiger charge is 2.28. The van der Waals surface area contributed by atoms with Crippen LogP contribution in [0, 0.1) is 17.8 Å². The first-order chi connectivity index (χ1) is 7.11. The lowest BCUT2D eigenvalue weighted by atomic mass is 9.75. The van der Waals surface area contributed by atoms with Crippen LogP contribution in [0.3, 0.4) is 0 Å². The predicted octanol–water partition coefficient (Wildman–Crippen LogP) is 1.94. The van der Waals surface area contributed by atoms with Crippen molar-refractivity contribution in [1.29, 1.82) is 0 Å². The summed E-state index contributed by atoms with van der Waals surface area (Å²) in [6.45, 7) is 6.66. The molecule has 5 heteroatoms. The second kappa shape index (κ2) is 6.57. The maximum Gasteiger partial charge on any atom is 0.261 e. The van der Waals surface area contributed by atoms with Crippen molar-refractivity contribution in [3.05, 3.63) is 0 Å². The van der Waals surface area contributed by atoms with Gasteiger partial charge in [-0.2, -0.15) is 8.42 Å². The van der Waals surface area contributed by atoms with E-state index in [9.17, 15) is 13.5 Å². The van der Waals surface area contributed by atoms with Gasteiger partial charge < -0.3 is 5.11 Å². The summed E-state index contributed by atoms with van der Waals surface area (Å²) < 4.78 is 25.9. The Balaban J connectivity index is 0.000000385. The Morgan fingerprint density at radius 2 is 1.69 bits per heavy atom. The van der Waals surface area contributed by atoms with E-state index in [1.807, 2.05) is 0 Å². The summed E-state index contributed by atoms with van der Waals surface area (Å²) in [7, 11) is -3.67. The molecule has 0 saturated heterocycles. The molecular formula is C11H24O4S. The highest BCUT2D eigenvalue weighted by molar-refractivity contribution is 7.85. The molecule has 0 heterocycles. The smallest absolute Gasteiger partial charge is 0.261 e. The van der Waals surface area contributed by atoms with E-state index in [1.165, 1.54) is 12.8 Å². The standard InChI is InChI=1S/C10H20O.CH4O3S/c1-7(2)9-5-4-8(3)6-10(9)11;1-5(2,3)4/h7-11H,4-6H2,1-3H3;1H3,(H,2,3,4). The average Bonchev–Trinajstić information content (AvgIpc) is 1.99. The summed E-state index contributed by atoms with van der Waals surface area (Å²) in [6, 6.07) is 0. The third-order valence-corrected chi connectivity index (χ3v) is 2.99. The minimum absolute atomic E-state index is 0.0289. The van der Waals surface area contributed by atoms with Crippen LogP contribution in [-0.2, 0) is 10.1 Å². The predicted molar refractivity (Wildman–Crippen MR) is 64.8 cm³/mol. The Kier molecular flexibility index (Phi) is 6.51. The highest BCUT2D eigenvalue weighted by atomic mass is 32.2. The van der Waals surface area contributed by atoms with E-state index < -0.39 is 10.1 Å². The topological polar surface area (TPSA) is 74.6 Å². The van der Waals surface area contributed by atoms with Crippen molar-refractivity contribution in [3.8, 4) is 0 Å². The Morgan fingerprint density at radius 3 is 2.00 bits per heavy atom. The van der Waals surface area contributed by atoms with Crippen LogP contribution in [0.1, 0.15) is 40.0 Å². The van der Waals surface area contributed by atoms with Crippen LogP contribution in [0.4, 0.5) is 0 Å². The molecule has 0 amide bonds. The molecule has 0 spiro atoms. The molecule has 1 fully saturated rings. The third-order valence-electron chi connectivity index (χ3n) is 2.99. The molecule has 0 bridgehead atoms. The summed E-state index contributed by atoms with van der Waals surface area (Å²) in [6.07, 6.45) is 4.23. The molecule has 0 aromatic carbocycles. The van der Waals surface area contributed by atoms with E-state index in [1.54, 1.807) is 0 Å². The van der Waals surface area contributed by atoms with Crippen LogP contribution in [-0.4, -0.2) is 30.4 Å². The number of aliphatic hydroxyl groups is 1. The molecule has 1 saturated carbocycles. The van der Waals surface area contributed by atoms with Crippen LogP contribution in [0.15, 0.2) is 0 Å². The quantitative estimate of drug-likeness (QED) is 0.699. The van der Waals surface area contributed by atoms with Gasteiger partial charge in [0.1, 0.15) is 0 Å². The molecule has 1 rings (SSSR count). The number of aliphatic hydroxyl groups excluding tert-OH is 1. The van der Waals surface area contributed by atoms with Crippen molar-refractivity contribution in [2.24, 2.45) is 17.8 Å². The number of hydrogen-bond acceptors (Lipinski definition) is 3. The van der Waals surface area contributed by atoms with Crippen LogP contribution < -0.4 is 0 Å². The normalized spacial score (nSPS) is 30.8. The average molecular weight is 252 g/mol. The van der Waals surface area contributed by atoms with Gasteiger partial charge in [0, 0.05) is 0 Å². The summed E-state index contributed by atoms with van der Waals surface area (Å²) >= 11 is 0. The Hall–Kier alpha value is -0.130. The molecule has 98 valence electrons. The summed E-state index contributed by atoms with van der Waals surface area (Å²) in [5.41, 5.74) is 0. The first-order valence-electron chi connectivity index (χ1n) is 5.71. The van der Waals surface area contributed by atoms with E-state index in [2.05, 4.69) is 20.8 Å². The molecule has 3 atom stereocenters. The first kappa shape index (κ1) is 15.9. The Bertz CT molecular complexity index is 276. The van der Waals surface area contributed by atoms with Crippen molar-refractivity contribution >= 4 is 10.1 Å². The van der Waals surface area contributed by atoms with Gasteiger partial charge in [-0.3, -0.25) is 4.55 Å². The van der Waals surface area contributed by atoms with Gasteiger partial charge in [0.2, 0.25) is 0 Å². The van der Waals surface area contributed by atoms with Gasteiger partial charge in [-0.1, -0.05) is 27.2 Å². The maximum absolute atomic E-state index is 9.71. The number of rotatable bonds is 1. The fourth-order valence-electron chi connectivity index (χ4n) is 2.15. The highest BCUT2D eigenvalue weighted by Crippen LogP contribution is 2.33. The molecule has 1 aliphatic rings. The second-order valence-corrected chi connectivity index (χ2v) is 6.59. The van der Waals surface area contributed by atoms with Gasteiger partial charge >= 0.3 is 0 Å². The van der Waals surface area contributed by atoms with Crippen LogP contribution >= 0.6 is 0 Å². The fourth-order valence-corrected chi connectivity index (χ4v) is 2.15. The third kappa shape index (κ3) is 8.07. The lowest BCUT2D eigenvalue weighted by molar-refractivity contribution is 0.0266. The molecule has 0 radical (unpaired) electrons. The largest absolute Gasteiger partial charge is 0.393 e. The van der Waals surface area contributed by atoms with Crippen molar-refractivity contribution in [3.63, 3.8) is 0 Å². The molecular weight excluding hydrogens is 228 g/mol. The monoisotopic (exact) mass is 252 g/mol. The Morgan fingerprint density at radius 1 is 1.25 bits per heavy atom. The molecule has 1 aliphatic carbocycles. The molecule has 3 unspecified atom stereocenters. The van der Waals surface area contributed by atoms with Crippen molar-refractivity contribution in [1.82, 2.24) is 0 Å². The van der Waals surface area contributed by atoms with Gasteiger partial charge in [-0.25, -0.2) is 0 Å². The van der Waals surface area contributed by atoms with Crippen LogP contribution in [0.2, 0.25) is 0 Å². The lowest BCUT2D eigenvalue weighted by Gasteiger charge is -2.33. The van der Waals surface area contributed by atoms with Gasteiger partial charge in [0.25, 0.3) is 10.1 Å². The van der Waals surface area contributed by atoms with E-state index in [4.69, 9.17) is 4.55 Å². The van der Waals surface area contributed by atoms with Gasteiger partial charge in [0.15, 0.2) is 0 Å². The minimum atomic E-state index is -3.67. The molecule has 0 aromatic rings. The Labute approximate surface area is 98.8 Å².